The number of hydrogen-bond donors (Lipinski definition) is 3. The molecule has 2 aliphatic rings. The largest absolute Gasteiger partial charge is 0.351 e. The lowest BCUT2D eigenvalue weighted by atomic mass is 9.90. The van der Waals surface area contributed by atoms with Crippen molar-refractivity contribution >= 4 is 11.9 Å². The fourth-order valence-corrected chi connectivity index (χ4v) is 2.58. The van der Waals surface area contributed by atoms with Gasteiger partial charge in [-0.2, -0.15) is 0 Å². The molecule has 3 amide bonds. The van der Waals surface area contributed by atoms with Crippen LogP contribution in [0.15, 0.2) is 0 Å². The molecule has 0 aliphatic heterocycles. The summed E-state index contributed by atoms with van der Waals surface area (Å²) >= 11 is 0. The Morgan fingerprint density at radius 3 is 2.21 bits per heavy atom. The summed E-state index contributed by atoms with van der Waals surface area (Å²) in [5, 5.41) is 8.94. The minimum Gasteiger partial charge on any atom is -0.351 e. The van der Waals surface area contributed by atoms with Crippen molar-refractivity contribution in [3.63, 3.8) is 0 Å². The highest BCUT2D eigenvalue weighted by Gasteiger charge is 2.34. The Labute approximate surface area is 114 Å². The third-order valence-corrected chi connectivity index (χ3v) is 3.89. The maximum absolute atomic E-state index is 11.8. The molecule has 0 aromatic heterocycles. The van der Waals surface area contributed by atoms with E-state index in [4.69, 9.17) is 0 Å². The summed E-state index contributed by atoms with van der Waals surface area (Å²) in [7, 11) is 0. The topological polar surface area (TPSA) is 70.2 Å². The molecule has 19 heavy (non-hydrogen) atoms. The zero-order chi connectivity index (χ0) is 13.7. The minimum atomic E-state index is -0.112. The highest BCUT2D eigenvalue weighted by Crippen LogP contribution is 2.29. The molecule has 0 saturated heterocycles. The Morgan fingerprint density at radius 2 is 1.63 bits per heavy atom. The number of nitrogens with one attached hydrogen (secondary N) is 3. The van der Waals surface area contributed by atoms with Crippen LogP contribution in [0.1, 0.15) is 51.9 Å². The molecule has 3 N–H and O–H groups in total. The van der Waals surface area contributed by atoms with Gasteiger partial charge in [0.2, 0.25) is 5.91 Å². The Hall–Kier alpha value is -1.26. The van der Waals surface area contributed by atoms with E-state index < -0.39 is 0 Å². The highest BCUT2D eigenvalue weighted by molar-refractivity contribution is 5.81. The molecule has 2 atom stereocenters. The molecule has 108 valence electrons. The summed E-state index contributed by atoms with van der Waals surface area (Å²) < 4.78 is 0. The van der Waals surface area contributed by atoms with Crippen LogP contribution in [0, 0.1) is 5.92 Å². The van der Waals surface area contributed by atoms with E-state index in [0.717, 1.165) is 44.9 Å². The van der Waals surface area contributed by atoms with Crippen LogP contribution in [0.25, 0.3) is 0 Å². The normalized spacial score (nSPS) is 26.6. The monoisotopic (exact) mass is 267 g/mol. The van der Waals surface area contributed by atoms with Gasteiger partial charge in [0.15, 0.2) is 0 Å². The Balaban J connectivity index is 1.80. The summed E-state index contributed by atoms with van der Waals surface area (Å²) in [4.78, 5) is 23.6. The second-order valence-corrected chi connectivity index (χ2v) is 5.68. The first-order valence-electron chi connectivity index (χ1n) is 7.55. The van der Waals surface area contributed by atoms with Gasteiger partial charge < -0.3 is 16.0 Å². The van der Waals surface area contributed by atoms with Crippen LogP contribution in [0.5, 0.6) is 0 Å². The number of urea groups is 1. The highest BCUT2D eigenvalue weighted by atomic mass is 16.2. The molecule has 0 heterocycles. The number of hydrogen-bond acceptors (Lipinski definition) is 2. The van der Waals surface area contributed by atoms with Crippen molar-refractivity contribution in [2.75, 3.05) is 6.54 Å². The van der Waals surface area contributed by atoms with Crippen molar-refractivity contribution in [1.29, 1.82) is 0 Å². The van der Waals surface area contributed by atoms with E-state index in [1.807, 2.05) is 6.92 Å². The van der Waals surface area contributed by atoms with Crippen LogP contribution in [0.2, 0.25) is 0 Å². The van der Waals surface area contributed by atoms with Gasteiger partial charge in [0.05, 0.1) is 6.04 Å². The van der Waals surface area contributed by atoms with Gasteiger partial charge in [0.1, 0.15) is 0 Å². The van der Waals surface area contributed by atoms with Crippen molar-refractivity contribution in [2.45, 2.75) is 64.0 Å². The quantitative estimate of drug-likeness (QED) is 0.707. The van der Waals surface area contributed by atoms with Crippen molar-refractivity contribution < 1.29 is 9.59 Å². The molecular weight excluding hydrogens is 242 g/mol. The third-order valence-electron chi connectivity index (χ3n) is 3.89. The van der Waals surface area contributed by atoms with Gasteiger partial charge in [-0.25, -0.2) is 4.79 Å². The average molecular weight is 267 g/mol. The van der Waals surface area contributed by atoms with Gasteiger partial charge in [0, 0.05) is 18.5 Å². The average Bonchev–Trinajstić information content (AvgIpc) is 3.23. The molecule has 0 spiro atoms. The molecular formula is C14H25N3O2. The molecule has 2 rings (SSSR count). The van der Waals surface area contributed by atoms with Crippen LogP contribution in [0.3, 0.4) is 0 Å². The van der Waals surface area contributed by atoms with Gasteiger partial charge in [-0.1, -0.05) is 19.8 Å². The lowest BCUT2D eigenvalue weighted by molar-refractivity contribution is -0.123. The van der Waals surface area contributed by atoms with Crippen LogP contribution in [-0.2, 0) is 4.79 Å². The molecule has 2 saturated carbocycles. The van der Waals surface area contributed by atoms with E-state index in [2.05, 4.69) is 16.0 Å². The van der Waals surface area contributed by atoms with Crippen LogP contribution < -0.4 is 16.0 Å². The van der Waals surface area contributed by atoms with Crippen LogP contribution >= 0.6 is 0 Å². The molecule has 0 radical (unpaired) electrons. The summed E-state index contributed by atoms with van der Waals surface area (Å²) in [5.74, 6) is 0.407. The van der Waals surface area contributed by atoms with Gasteiger partial charge >= 0.3 is 6.03 Å². The maximum atomic E-state index is 11.8. The second-order valence-electron chi connectivity index (χ2n) is 5.68. The second kappa shape index (κ2) is 6.78. The number of carbonyl (C=O) groups excluding carboxylic acids is 2. The summed E-state index contributed by atoms with van der Waals surface area (Å²) in [6.07, 6.45) is 7.15. The van der Waals surface area contributed by atoms with Crippen LogP contribution in [0.4, 0.5) is 4.79 Å². The van der Waals surface area contributed by atoms with Gasteiger partial charge in [-0.15, -0.1) is 0 Å². The summed E-state index contributed by atoms with van der Waals surface area (Å²) in [6.45, 7) is 2.72. The van der Waals surface area contributed by atoms with Crippen molar-refractivity contribution in [2.24, 2.45) is 5.92 Å². The molecule has 2 fully saturated rings. The van der Waals surface area contributed by atoms with E-state index in [9.17, 15) is 9.59 Å². The fraction of sp³-hybridized carbons (Fsp3) is 0.857. The first kappa shape index (κ1) is 14.2. The van der Waals surface area contributed by atoms with Crippen molar-refractivity contribution in [3.8, 4) is 0 Å². The molecule has 0 aromatic carbocycles. The standard InChI is InChI=1S/C14H25N3O2/c1-2-9-15-14(19)17-12-6-4-3-5-11(12)16-13(18)10-7-8-10/h10-12H,2-9H2,1H3,(H,16,18)(H2,15,17,19). The predicted molar refractivity (Wildman–Crippen MR) is 73.7 cm³/mol. The minimum absolute atomic E-state index is 0.0771. The van der Waals surface area contributed by atoms with E-state index in [1.54, 1.807) is 0 Å². The zero-order valence-electron chi connectivity index (χ0n) is 11.7. The van der Waals surface area contributed by atoms with Gasteiger partial charge in [-0.05, 0) is 32.1 Å². The molecule has 2 aliphatic carbocycles. The van der Waals surface area contributed by atoms with Gasteiger partial charge in [-0.3, -0.25) is 4.79 Å². The van der Waals surface area contributed by atoms with E-state index in [1.165, 1.54) is 0 Å². The van der Waals surface area contributed by atoms with E-state index in [-0.39, 0.29) is 29.9 Å². The SMILES string of the molecule is CCCNC(=O)NC1CCCCC1NC(=O)C1CC1. The summed E-state index contributed by atoms with van der Waals surface area (Å²) in [5.41, 5.74) is 0. The lowest BCUT2D eigenvalue weighted by Gasteiger charge is -2.32. The Kier molecular flexibility index (Phi) is 5.05. The zero-order valence-corrected chi connectivity index (χ0v) is 11.7. The molecule has 5 heteroatoms. The Morgan fingerprint density at radius 1 is 1.00 bits per heavy atom. The smallest absolute Gasteiger partial charge is 0.315 e. The molecule has 0 aromatic rings. The van der Waals surface area contributed by atoms with E-state index >= 15 is 0 Å². The fourth-order valence-electron chi connectivity index (χ4n) is 2.58. The lowest BCUT2D eigenvalue weighted by Crippen LogP contribution is -2.55. The number of carbonyl (C=O) groups is 2. The van der Waals surface area contributed by atoms with Crippen molar-refractivity contribution in [1.82, 2.24) is 16.0 Å². The van der Waals surface area contributed by atoms with Crippen LogP contribution in [-0.4, -0.2) is 30.6 Å². The number of amides is 3. The Bertz CT molecular complexity index is 329. The first-order chi connectivity index (χ1) is 9.20. The molecule has 2 unspecified atom stereocenters. The predicted octanol–water partition coefficient (Wildman–Crippen LogP) is 1.53. The summed E-state index contributed by atoms with van der Waals surface area (Å²) in [6, 6.07) is 0.0713. The van der Waals surface area contributed by atoms with Gasteiger partial charge in [0.25, 0.3) is 0 Å². The molecule has 0 bridgehead atoms. The number of rotatable bonds is 5. The first-order valence-corrected chi connectivity index (χ1v) is 7.55. The maximum Gasteiger partial charge on any atom is 0.315 e. The molecule has 5 nitrogen and oxygen atoms in total. The third kappa shape index (κ3) is 4.40. The van der Waals surface area contributed by atoms with E-state index in [0.29, 0.717) is 6.54 Å². The van der Waals surface area contributed by atoms with Crippen molar-refractivity contribution in [3.05, 3.63) is 0 Å².